The molecule has 94 valence electrons. The molecule has 0 heterocycles. The third kappa shape index (κ3) is 3.16. The zero-order valence-corrected chi connectivity index (χ0v) is 11.8. The topological polar surface area (TPSA) is 3.24 Å². The van der Waals surface area contributed by atoms with Gasteiger partial charge < -0.3 is 0 Å². The summed E-state index contributed by atoms with van der Waals surface area (Å²) in [4.78, 5) is 2.79. The van der Waals surface area contributed by atoms with Crippen LogP contribution in [-0.4, -0.2) is 29.8 Å². The Hall–Kier alpha value is 0.310. The van der Waals surface area contributed by atoms with Crippen LogP contribution in [0.15, 0.2) is 0 Å². The van der Waals surface area contributed by atoms with Crippen LogP contribution in [0.4, 0.5) is 0 Å². The molecule has 0 bridgehead atoms. The van der Waals surface area contributed by atoms with Gasteiger partial charge in [0.1, 0.15) is 0 Å². The van der Waals surface area contributed by atoms with Crippen molar-refractivity contribution >= 4 is 12.6 Å². The van der Waals surface area contributed by atoms with Crippen LogP contribution in [0.1, 0.15) is 52.4 Å². The van der Waals surface area contributed by atoms with Crippen LogP contribution in [0, 0.1) is 11.3 Å². The minimum atomic E-state index is 0.598. The fourth-order valence-corrected chi connectivity index (χ4v) is 3.47. The summed E-state index contributed by atoms with van der Waals surface area (Å²) in [6.45, 7) is 7.31. The molecule has 0 unspecified atom stereocenters. The molecule has 0 amide bonds. The Morgan fingerprint density at radius 3 is 2.31 bits per heavy atom. The maximum Gasteiger partial charge on any atom is 0.00956 e. The van der Waals surface area contributed by atoms with Gasteiger partial charge in [0.25, 0.3) is 0 Å². The first kappa shape index (κ1) is 12.8. The highest BCUT2D eigenvalue weighted by molar-refractivity contribution is 7.80. The van der Waals surface area contributed by atoms with E-state index in [0.717, 1.165) is 17.7 Å². The van der Waals surface area contributed by atoms with E-state index in [1.807, 2.05) is 0 Å². The number of nitrogens with zero attached hydrogens (tertiary/aromatic N) is 1. The van der Waals surface area contributed by atoms with E-state index < -0.39 is 0 Å². The summed E-state index contributed by atoms with van der Waals surface area (Å²) in [5, 5.41) is 0. The Morgan fingerprint density at radius 2 is 1.88 bits per heavy atom. The normalized spacial score (nSPS) is 24.6. The van der Waals surface area contributed by atoms with Crippen molar-refractivity contribution in [3.63, 3.8) is 0 Å². The minimum Gasteiger partial charge on any atom is -0.300 e. The Balaban J connectivity index is 1.91. The minimum absolute atomic E-state index is 0.598. The first-order chi connectivity index (χ1) is 7.65. The molecule has 2 heteroatoms. The molecular weight excluding hydrogens is 214 g/mol. The van der Waals surface area contributed by atoms with Crippen molar-refractivity contribution < 1.29 is 0 Å². The molecule has 0 N–H and O–H groups in total. The SMILES string of the molecule is CC(C)CN(CC1(CS)CC1)C1CCCC1. The largest absolute Gasteiger partial charge is 0.300 e. The van der Waals surface area contributed by atoms with Crippen LogP contribution in [-0.2, 0) is 0 Å². The molecule has 0 aromatic heterocycles. The van der Waals surface area contributed by atoms with Crippen molar-refractivity contribution in [2.45, 2.75) is 58.4 Å². The fourth-order valence-electron chi connectivity index (χ4n) is 3.05. The molecular formula is C14H27NS. The standard InChI is InChI=1S/C14H27NS/c1-12(2)9-15(13-5-3-4-6-13)10-14(11-16)7-8-14/h12-13,16H,3-11H2,1-2H3. The Labute approximate surface area is 106 Å². The van der Waals surface area contributed by atoms with Gasteiger partial charge in [0.2, 0.25) is 0 Å². The van der Waals surface area contributed by atoms with E-state index in [4.69, 9.17) is 0 Å². The lowest BCUT2D eigenvalue weighted by Gasteiger charge is -2.33. The highest BCUT2D eigenvalue weighted by atomic mass is 32.1. The Kier molecular flexibility index (Phi) is 4.23. The van der Waals surface area contributed by atoms with Crippen LogP contribution in [0.3, 0.4) is 0 Å². The maximum atomic E-state index is 4.54. The Morgan fingerprint density at radius 1 is 1.25 bits per heavy atom. The molecule has 0 atom stereocenters. The van der Waals surface area contributed by atoms with Crippen molar-refractivity contribution in [1.82, 2.24) is 4.90 Å². The first-order valence-corrected chi connectivity index (χ1v) is 7.63. The van der Waals surface area contributed by atoms with Gasteiger partial charge in [0, 0.05) is 19.1 Å². The quantitative estimate of drug-likeness (QED) is 0.696. The number of hydrogen-bond donors (Lipinski definition) is 1. The van der Waals surface area contributed by atoms with Gasteiger partial charge >= 0.3 is 0 Å². The summed E-state index contributed by atoms with van der Waals surface area (Å²) in [6.07, 6.45) is 8.61. The van der Waals surface area contributed by atoms with Crippen molar-refractivity contribution in [2.75, 3.05) is 18.8 Å². The lowest BCUT2D eigenvalue weighted by atomic mass is 10.0. The molecule has 0 saturated heterocycles. The van der Waals surface area contributed by atoms with Crippen LogP contribution < -0.4 is 0 Å². The van der Waals surface area contributed by atoms with E-state index in [9.17, 15) is 0 Å². The van der Waals surface area contributed by atoms with Gasteiger partial charge in [-0.1, -0.05) is 26.7 Å². The molecule has 0 radical (unpaired) electrons. The zero-order chi connectivity index (χ0) is 11.6. The summed E-state index contributed by atoms with van der Waals surface area (Å²) in [7, 11) is 0. The second kappa shape index (κ2) is 5.30. The fraction of sp³-hybridized carbons (Fsp3) is 1.00. The zero-order valence-electron chi connectivity index (χ0n) is 10.9. The van der Waals surface area contributed by atoms with Crippen LogP contribution in [0.5, 0.6) is 0 Å². The molecule has 2 saturated carbocycles. The highest BCUT2D eigenvalue weighted by Gasteiger charge is 2.43. The number of hydrogen-bond acceptors (Lipinski definition) is 2. The van der Waals surface area contributed by atoms with Gasteiger partial charge in [0.05, 0.1) is 0 Å². The average molecular weight is 241 g/mol. The van der Waals surface area contributed by atoms with Crippen LogP contribution >= 0.6 is 12.6 Å². The van der Waals surface area contributed by atoms with Crippen molar-refractivity contribution in [2.24, 2.45) is 11.3 Å². The molecule has 16 heavy (non-hydrogen) atoms. The summed E-state index contributed by atoms with van der Waals surface area (Å²) in [5.41, 5.74) is 0.598. The summed E-state index contributed by atoms with van der Waals surface area (Å²) >= 11 is 4.54. The third-order valence-corrected chi connectivity index (χ3v) is 4.94. The predicted octanol–water partition coefficient (Wildman–Crippen LogP) is 3.60. The van der Waals surface area contributed by atoms with Gasteiger partial charge in [-0.2, -0.15) is 12.6 Å². The van der Waals surface area contributed by atoms with Crippen molar-refractivity contribution in [1.29, 1.82) is 0 Å². The molecule has 0 aromatic rings. The Bertz CT molecular complexity index is 217. The van der Waals surface area contributed by atoms with E-state index >= 15 is 0 Å². The van der Waals surface area contributed by atoms with E-state index in [1.54, 1.807) is 0 Å². The summed E-state index contributed by atoms with van der Waals surface area (Å²) in [5.74, 6) is 1.89. The highest BCUT2D eigenvalue weighted by Crippen LogP contribution is 2.48. The molecule has 0 aromatic carbocycles. The molecule has 0 aliphatic heterocycles. The molecule has 1 nitrogen and oxygen atoms in total. The number of thiol groups is 1. The van der Waals surface area contributed by atoms with E-state index in [1.165, 1.54) is 51.6 Å². The lowest BCUT2D eigenvalue weighted by Crippen LogP contribution is -2.40. The second-order valence-electron chi connectivity index (χ2n) is 6.42. The van der Waals surface area contributed by atoms with Crippen molar-refractivity contribution in [3.05, 3.63) is 0 Å². The molecule has 2 aliphatic rings. The molecule has 2 rings (SSSR count). The molecule has 2 aliphatic carbocycles. The van der Waals surface area contributed by atoms with E-state index in [-0.39, 0.29) is 0 Å². The van der Waals surface area contributed by atoms with Gasteiger partial charge in [-0.3, -0.25) is 4.90 Å². The first-order valence-electron chi connectivity index (χ1n) is 7.00. The second-order valence-corrected chi connectivity index (χ2v) is 6.74. The van der Waals surface area contributed by atoms with Crippen molar-refractivity contribution in [3.8, 4) is 0 Å². The maximum absolute atomic E-state index is 4.54. The number of rotatable bonds is 6. The van der Waals surface area contributed by atoms with Gasteiger partial charge in [0.15, 0.2) is 0 Å². The summed E-state index contributed by atoms with van der Waals surface area (Å²) < 4.78 is 0. The average Bonchev–Trinajstić information content (AvgIpc) is 2.80. The summed E-state index contributed by atoms with van der Waals surface area (Å²) in [6, 6.07) is 0.889. The molecule has 2 fully saturated rings. The third-order valence-electron chi connectivity index (χ3n) is 4.27. The van der Waals surface area contributed by atoms with E-state index in [0.29, 0.717) is 5.41 Å². The monoisotopic (exact) mass is 241 g/mol. The van der Waals surface area contributed by atoms with E-state index in [2.05, 4.69) is 31.4 Å². The van der Waals surface area contributed by atoms with Gasteiger partial charge in [-0.05, 0) is 42.8 Å². The van der Waals surface area contributed by atoms with Gasteiger partial charge in [-0.15, -0.1) is 0 Å². The lowest BCUT2D eigenvalue weighted by molar-refractivity contribution is 0.149. The predicted molar refractivity (Wildman–Crippen MR) is 74.2 cm³/mol. The molecule has 0 spiro atoms. The van der Waals surface area contributed by atoms with Gasteiger partial charge in [-0.25, -0.2) is 0 Å². The van der Waals surface area contributed by atoms with Crippen LogP contribution in [0.25, 0.3) is 0 Å². The smallest absolute Gasteiger partial charge is 0.00956 e. The van der Waals surface area contributed by atoms with Crippen LogP contribution in [0.2, 0.25) is 0 Å².